The lowest BCUT2D eigenvalue weighted by Crippen LogP contribution is -1.86. The van der Waals surface area contributed by atoms with E-state index in [9.17, 15) is 0 Å². The van der Waals surface area contributed by atoms with Crippen LogP contribution in [-0.4, -0.2) is 19.9 Å². The number of ether oxygens (including phenoxy) is 1. The predicted molar refractivity (Wildman–Crippen MR) is 52.2 cm³/mol. The first-order valence-electron chi connectivity index (χ1n) is 4.16. The van der Waals surface area contributed by atoms with Crippen molar-refractivity contribution in [3.63, 3.8) is 0 Å². The molecule has 70 valence electrons. The summed E-state index contributed by atoms with van der Waals surface area (Å²) < 4.78 is 5.02. The molecule has 0 fully saturated rings. The second kappa shape index (κ2) is 5.19. The molecule has 0 aliphatic carbocycles. The first-order chi connectivity index (χ1) is 6.36. The lowest BCUT2D eigenvalue weighted by atomic mass is 10.2. The molecule has 1 rings (SSSR count). The summed E-state index contributed by atoms with van der Waals surface area (Å²) in [4.78, 5) is 4.83. The number of methoxy groups -OCH3 is 1. The standard InChI is InChI=1S/C10H13NO2/c1-3-13-11-8-9-4-6-10(12-2)7-5-9/h4-8H,3H2,1-2H3. The molecule has 0 amide bonds. The molecule has 13 heavy (non-hydrogen) atoms. The second-order valence-electron chi connectivity index (χ2n) is 2.43. The highest BCUT2D eigenvalue weighted by Crippen LogP contribution is 2.09. The highest BCUT2D eigenvalue weighted by Gasteiger charge is 1.89. The molecule has 0 saturated heterocycles. The molecule has 0 heterocycles. The Bertz CT molecular complexity index is 267. The molecule has 0 atom stereocenters. The summed E-state index contributed by atoms with van der Waals surface area (Å²) in [5, 5.41) is 3.75. The Hall–Kier alpha value is -1.51. The zero-order valence-corrected chi connectivity index (χ0v) is 7.86. The van der Waals surface area contributed by atoms with Gasteiger partial charge < -0.3 is 9.57 Å². The monoisotopic (exact) mass is 179 g/mol. The molecule has 0 spiro atoms. The van der Waals surface area contributed by atoms with Gasteiger partial charge in [-0.05, 0) is 36.8 Å². The number of nitrogens with zero attached hydrogens (tertiary/aromatic N) is 1. The predicted octanol–water partition coefficient (Wildman–Crippen LogP) is 2.07. The van der Waals surface area contributed by atoms with Crippen LogP contribution in [0.3, 0.4) is 0 Å². The maximum atomic E-state index is 5.02. The van der Waals surface area contributed by atoms with Crippen molar-refractivity contribution in [2.75, 3.05) is 13.7 Å². The smallest absolute Gasteiger partial charge is 0.118 e. The Morgan fingerprint density at radius 2 is 2.00 bits per heavy atom. The first-order valence-corrected chi connectivity index (χ1v) is 4.16. The van der Waals surface area contributed by atoms with Crippen molar-refractivity contribution in [1.29, 1.82) is 0 Å². The van der Waals surface area contributed by atoms with Gasteiger partial charge in [-0.1, -0.05) is 5.16 Å². The van der Waals surface area contributed by atoms with Gasteiger partial charge in [0.2, 0.25) is 0 Å². The molecule has 0 aromatic heterocycles. The van der Waals surface area contributed by atoms with Crippen LogP contribution in [0.1, 0.15) is 12.5 Å². The molecule has 0 aliphatic rings. The number of oxime groups is 1. The molecule has 0 bridgehead atoms. The number of hydrogen-bond acceptors (Lipinski definition) is 3. The largest absolute Gasteiger partial charge is 0.497 e. The molecular weight excluding hydrogens is 166 g/mol. The minimum absolute atomic E-state index is 0.590. The fourth-order valence-electron chi connectivity index (χ4n) is 0.863. The van der Waals surface area contributed by atoms with Crippen LogP contribution >= 0.6 is 0 Å². The molecule has 0 radical (unpaired) electrons. The zero-order chi connectivity index (χ0) is 9.52. The van der Waals surface area contributed by atoms with Crippen molar-refractivity contribution in [1.82, 2.24) is 0 Å². The summed E-state index contributed by atoms with van der Waals surface area (Å²) in [5.74, 6) is 0.841. The van der Waals surface area contributed by atoms with Gasteiger partial charge in [0.15, 0.2) is 0 Å². The fraction of sp³-hybridized carbons (Fsp3) is 0.300. The van der Waals surface area contributed by atoms with E-state index < -0.39 is 0 Å². The average Bonchev–Trinajstić information content (AvgIpc) is 2.19. The van der Waals surface area contributed by atoms with Crippen LogP contribution < -0.4 is 4.74 Å². The van der Waals surface area contributed by atoms with Crippen molar-refractivity contribution in [2.24, 2.45) is 5.16 Å². The van der Waals surface area contributed by atoms with Crippen molar-refractivity contribution in [3.05, 3.63) is 29.8 Å². The molecule has 1 aromatic carbocycles. The maximum Gasteiger partial charge on any atom is 0.118 e. The Balaban J connectivity index is 2.58. The summed E-state index contributed by atoms with van der Waals surface area (Å²) >= 11 is 0. The van der Waals surface area contributed by atoms with Crippen LogP contribution in [0.25, 0.3) is 0 Å². The molecule has 1 aromatic rings. The van der Waals surface area contributed by atoms with Gasteiger partial charge in [0.1, 0.15) is 12.4 Å². The third-order valence-electron chi connectivity index (χ3n) is 1.52. The van der Waals surface area contributed by atoms with Crippen molar-refractivity contribution >= 4 is 6.21 Å². The normalized spacial score (nSPS) is 10.3. The number of benzene rings is 1. The summed E-state index contributed by atoms with van der Waals surface area (Å²) in [6, 6.07) is 7.60. The molecule has 0 aliphatic heterocycles. The Labute approximate surface area is 78.0 Å². The van der Waals surface area contributed by atoms with E-state index in [-0.39, 0.29) is 0 Å². The van der Waals surface area contributed by atoms with Crippen LogP contribution in [0, 0.1) is 0 Å². The van der Waals surface area contributed by atoms with E-state index in [1.165, 1.54) is 0 Å². The van der Waals surface area contributed by atoms with Gasteiger partial charge in [-0.3, -0.25) is 0 Å². The van der Waals surface area contributed by atoms with Crippen LogP contribution in [0.2, 0.25) is 0 Å². The average molecular weight is 179 g/mol. The maximum absolute atomic E-state index is 5.02. The van der Waals surface area contributed by atoms with Crippen LogP contribution in [0.4, 0.5) is 0 Å². The Morgan fingerprint density at radius 1 is 1.31 bits per heavy atom. The lowest BCUT2D eigenvalue weighted by molar-refractivity contribution is 0.160. The van der Waals surface area contributed by atoms with Crippen molar-refractivity contribution in [3.8, 4) is 5.75 Å². The molecule has 3 nitrogen and oxygen atoms in total. The zero-order valence-electron chi connectivity index (χ0n) is 7.86. The molecule has 0 unspecified atom stereocenters. The van der Waals surface area contributed by atoms with Gasteiger partial charge >= 0.3 is 0 Å². The number of hydrogen-bond donors (Lipinski definition) is 0. The molecule has 0 N–H and O–H groups in total. The van der Waals surface area contributed by atoms with Crippen molar-refractivity contribution < 1.29 is 9.57 Å². The van der Waals surface area contributed by atoms with E-state index in [1.807, 2.05) is 31.2 Å². The summed E-state index contributed by atoms with van der Waals surface area (Å²) in [6.07, 6.45) is 1.67. The van der Waals surface area contributed by atoms with Gasteiger partial charge in [0.25, 0.3) is 0 Å². The molecule has 3 heteroatoms. The van der Waals surface area contributed by atoms with Crippen molar-refractivity contribution in [2.45, 2.75) is 6.92 Å². The third kappa shape index (κ3) is 3.15. The van der Waals surface area contributed by atoms with E-state index in [0.717, 1.165) is 11.3 Å². The van der Waals surface area contributed by atoms with E-state index in [4.69, 9.17) is 9.57 Å². The summed E-state index contributed by atoms with van der Waals surface area (Å²) in [6.45, 7) is 2.48. The SMILES string of the molecule is CCON=Cc1ccc(OC)cc1. The highest BCUT2D eigenvalue weighted by atomic mass is 16.6. The van der Waals surface area contributed by atoms with E-state index in [1.54, 1.807) is 13.3 Å². The minimum atomic E-state index is 0.590. The van der Waals surface area contributed by atoms with Gasteiger partial charge in [-0.25, -0.2) is 0 Å². The van der Waals surface area contributed by atoms with Gasteiger partial charge in [-0.15, -0.1) is 0 Å². The Morgan fingerprint density at radius 3 is 2.54 bits per heavy atom. The Kier molecular flexibility index (Phi) is 3.82. The summed E-state index contributed by atoms with van der Waals surface area (Å²) in [5.41, 5.74) is 0.995. The topological polar surface area (TPSA) is 30.8 Å². The third-order valence-corrected chi connectivity index (χ3v) is 1.52. The highest BCUT2D eigenvalue weighted by molar-refractivity contribution is 5.79. The quantitative estimate of drug-likeness (QED) is 0.523. The first kappa shape index (κ1) is 9.58. The van der Waals surface area contributed by atoms with Gasteiger partial charge in [0, 0.05) is 0 Å². The summed E-state index contributed by atoms with van der Waals surface area (Å²) in [7, 11) is 1.64. The van der Waals surface area contributed by atoms with Crippen LogP contribution in [-0.2, 0) is 4.84 Å². The fourth-order valence-corrected chi connectivity index (χ4v) is 0.863. The van der Waals surface area contributed by atoms with E-state index in [2.05, 4.69) is 5.16 Å². The van der Waals surface area contributed by atoms with Crippen LogP contribution in [0.5, 0.6) is 5.75 Å². The second-order valence-corrected chi connectivity index (χ2v) is 2.43. The number of rotatable bonds is 4. The van der Waals surface area contributed by atoms with Gasteiger partial charge in [0.05, 0.1) is 13.3 Å². The van der Waals surface area contributed by atoms with E-state index >= 15 is 0 Å². The van der Waals surface area contributed by atoms with Gasteiger partial charge in [-0.2, -0.15) is 0 Å². The lowest BCUT2D eigenvalue weighted by Gasteiger charge is -1.98. The van der Waals surface area contributed by atoms with Crippen LogP contribution in [0.15, 0.2) is 29.4 Å². The molecular formula is C10H13NO2. The minimum Gasteiger partial charge on any atom is -0.497 e. The van der Waals surface area contributed by atoms with E-state index in [0.29, 0.717) is 6.61 Å². The molecule has 0 saturated carbocycles.